The standard InChI is InChI=1S/C13H28N2O/c1-13(2,3)14-8-12(16)10-15(4)9-11-6-5-7-11/h11-12,14,16H,5-10H2,1-4H3. The highest BCUT2D eigenvalue weighted by molar-refractivity contribution is 4.76. The van der Waals surface area contributed by atoms with Crippen LogP contribution in [0.5, 0.6) is 0 Å². The van der Waals surface area contributed by atoms with Crippen LogP contribution in [0.15, 0.2) is 0 Å². The second kappa shape index (κ2) is 5.99. The molecule has 96 valence electrons. The normalized spacial score (nSPS) is 19.9. The first-order chi connectivity index (χ1) is 7.37. The van der Waals surface area contributed by atoms with E-state index in [0.29, 0.717) is 6.54 Å². The predicted octanol–water partition coefficient (Wildman–Crippen LogP) is 1.47. The van der Waals surface area contributed by atoms with Crippen molar-refractivity contribution in [1.29, 1.82) is 0 Å². The summed E-state index contributed by atoms with van der Waals surface area (Å²) in [6.45, 7) is 8.97. The molecule has 0 saturated heterocycles. The van der Waals surface area contributed by atoms with E-state index in [1.165, 1.54) is 19.3 Å². The number of aliphatic hydroxyl groups is 1. The van der Waals surface area contributed by atoms with Gasteiger partial charge < -0.3 is 15.3 Å². The van der Waals surface area contributed by atoms with E-state index < -0.39 is 0 Å². The molecule has 1 rings (SSSR count). The van der Waals surface area contributed by atoms with E-state index in [1.54, 1.807) is 0 Å². The summed E-state index contributed by atoms with van der Waals surface area (Å²) < 4.78 is 0. The van der Waals surface area contributed by atoms with Crippen LogP contribution in [0.25, 0.3) is 0 Å². The topological polar surface area (TPSA) is 35.5 Å². The fourth-order valence-electron chi connectivity index (χ4n) is 2.04. The minimum atomic E-state index is -0.260. The Balaban J connectivity index is 2.09. The van der Waals surface area contributed by atoms with Crippen LogP contribution in [-0.2, 0) is 0 Å². The van der Waals surface area contributed by atoms with Crippen molar-refractivity contribution in [3.8, 4) is 0 Å². The Morgan fingerprint density at radius 2 is 2.00 bits per heavy atom. The molecule has 0 radical (unpaired) electrons. The summed E-state index contributed by atoms with van der Waals surface area (Å²) in [6.07, 6.45) is 3.89. The van der Waals surface area contributed by atoms with E-state index in [0.717, 1.165) is 19.0 Å². The Morgan fingerprint density at radius 1 is 1.38 bits per heavy atom. The molecule has 1 aliphatic carbocycles. The molecule has 0 spiro atoms. The second-order valence-electron chi connectivity index (χ2n) is 6.30. The van der Waals surface area contributed by atoms with Gasteiger partial charge in [-0.1, -0.05) is 6.42 Å². The summed E-state index contributed by atoms with van der Waals surface area (Å²) in [7, 11) is 2.11. The summed E-state index contributed by atoms with van der Waals surface area (Å²) in [6, 6.07) is 0. The van der Waals surface area contributed by atoms with Gasteiger partial charge in [-0.25, -0.2) is 0 Å². The number of β-amino-alcohol motifs (C(OH)–C–C–N with tert-alkyl or cyclic N) is 1. The quantitative estimate of drug-likeness (QED) is 0.722. The zero-order valence-corrected chi connectivity index (χ0v) is 11.3. The maximum atomic E-state index is 9.88. The maximum absolute atomic E-state index is 9.88. The highest BCUT2D eigenvalue weighted by Crippen LogP contribution is 2.26. The van der Waals surface area contributed by atoms with Gasteiger partial charge in [0, 0.05) is 25.2 Å². The lowest BCUT2D eigenvalue weighted by atomic mass is 9.85. The molecule has 0 bridgehead atoms. The van der Waals surface area contributed by atoms with E-state index in [9.17, 15) is 5.11 Å². The van der Waals surface area contributed by atoms with Crippen molar-refractivity contribution in [2.45, 2.75) is 51.7 Å². The molecule has 3 heteroatoms. The summed E-state index contributed by atoms with van der Waals surface area (Å²) >= 11 is 0. The molecule has 0 aromatic rings. The van der Waals surface area contributed by atoms with Gasteiger partial charge in [-0.15, -0.1) is 0 Å². The van der Waals surface area contributed by atoms with Crippen molar-refractivity contribution in [3.63, 3.8) is 0 Å². The van der Waals surface area contributed by atoms with Crippen molar-refractivity contribution >= 4 is 0 Å². The lowest BCUT2D eigenvalue weighted by Gasteiger charge is -2.31. The predicted molar refractivity (Wildman–Crippen MR) is 68.6 cm³/mol. The van der Waals surface area contributed by atoms with Crippen LogP contribution in [0.3, 0.4) is 0 Å². The number of hydrogen-bond acceptors (Lipinski definition) is 3. The Kier molecular flexibility index (Phi) is 5.22. The van der Waals surface area contributed by atoms with Crippen LogP contribution in [0.1, 0.15) is 40.0 Å². The van der Waals surface area contributed by atoms with Gasteiger partial charge in [-0.2, -0.15) is 0 Å². The fraction of sp³-hybridized carbons (Fsp3) is 1.00. The maximum Gasteiger partial charge on any atom is 0.0791 e. The number of rotatable bonds is 6. The lowest BCUT2D eigenvalue weighted by Crippen LogP contribution is -2.45. The number of nitrogens with one attached hydrogen (secondary N) is 1. The number of hydrogen-bond donors (Lipinski definition) is 2. The molecule has 0 heterocycles. The Morgan fingerprint density at radius 3 is 2.44 bits per heavy atom. The van der Waals surface area contributed by atoms with E-state index in [-0.39, 0.29) is 11.6 Å². The molecule has 1 aliphatic rings. The molecule has 0 aromatic heterocycles. The molecular formula is C13H28N2O. The van der Waals surface area contributed by atoms with Crippen LogP contribution in [0.2, 0.25) is 0 Å². The van der Waals surface area contributed by atoms with Gasteiger partial charge in [0.2, 0.25) is 0 Å². The molecule has 0 aliphatic heterocycles. The third-order valence-electron chi connectivity index (χ3n) is 3.19. The molecule has 2 N–H and O–H groups in total. The first-order valence-corrected chi connectivity index (χ1v) is 6.48. The summed E-state index contributed by atoms with van der Waals surface area (Å²) in [5.41, 5.74) is 0.0908. The number of nitrogens with zero attached hydrogens (tertiary/aromatic N) is 1. The van der Waals surface area contributed by atoms with Crippen LogP contribution < -0.4 is 5.32 Å². The van der Waals surface area contributed by atoms with Gasteiger partial charge in [0.15, 0.2) is 0 Å². The van der Waals surface area contributed by atoms with Crippen LogP contribution in [-0.4, -0.2) is 48.3 Å². The third kappa shape index (κ3) is 5.83. The number of likely N-dealkylation sites (N-methyl/N-ethyl adjacent to an activating group) is 1. The highest BCUT2D eigenvalue weighted by Gasteiger charge is 2.20. The van der Waals surface area contributed by atoms with Crippen molar-refractivity contribution in [3.05, 3.63) is 0 Å². The van der Waals surface area contributed by atoms with Gasteiger partial charge in [0.05, 0.1) is 6.10 Å². The molecule has 0 aromatic carbocycles. The molecule has 1 saturated carbocycles. The van der Waals surface area contributed by atoms with E-state index in [2.05, 4.69) is 38.0 Å². The molecule has 1 fully saturated rings. The fourth-order valence-corrected chi connectivity index (χ4v) is 2.04. The first kappa shape index (κ1) is 13.9. The van der Waals surface area contributed by atoms with Gasteiger partial charge in [0.1, 0.15) is 0 Å². The Bertz CT molecular complexity index is 197. The largest absolute Gasteiger partial charge is 0.390 e. The van der Waals surface area contributed by atoms with Crippen LogP contribution in [0.4, 0.5) is 0 Å². The van der Waals surface area contributed by atoms with E-state index in [4.69, 9.17) is 0 Å². The minimum Gasteiger partial charge on any atom is -0.390 e. The molecular weight excluding hydrogens is 200 g/mol. The molecule has 1 atom stereocenters. The van der Waals surface area contributed by atoms with E-state index in [1.807, 2.05) is 0 Å². The average molecular weight is 228 g/mol. The molecule has 16 heavy (non-hydrogen) atoms. The van der Waals surface area contributed by atoms with Gasteiger partial charge in [-0.3, -0.25) is 0 Å². The highest BCUT2D eigenvalue weighted by atomic mass is 16.3. The van der Waals surface area contributed by atoms with Gasteiger partial charge in [0.25, 0.3) is 0 Å². The lowest BCUT2D eigenvalue weighted by molar-refractivity contribution is 0.100. The van der Waals surface area contributed by atoms with Crippen molar-refractivity contribution in [2.75, 3.05) is 26.7 Å². The van der Waals surface area contributed by atoms with Crippen molar-refractivity contribution in [2.24, 2.45) is 5.92 Å². The summed E-state index contributed by atoms with van der Waals surface area (Å²) in [5.74, 6) is 0.882. The number of aliphatic hydroxyl groups excluding tert-OH is 1. The molecule has 1 unspecified atom stereocenters. The van der Waals surface area contributed by atoms with Crippen molar-refractivity contribution in [1.82, 2.24) is 10.2 Å². The smallest absolute Gasteiger partial charge is 0.0791 e. The third-order valence-corrected chi connectivity index (χ3v) is 3.19. The first-order valence-electron chi connectivity index (χ1n) is 6.48. The van der Waals surface area contributed by atoms with Crippen LogP contribution in [0, 0.1) is 5.92 Å². The monoisotopic (exact) mass is 228 g/mol. The Hall–Kier alpha value is -0.120. The van der Waals surface area contributed by atoms with Crippen LogP contribution >= 0.6 is 0 Å². The second-order valence-corrected chi connectivity index (χ2v) is 6.30. The average Bonchev–Trinajstić information content (AvgIpc) is 2.07. The molecule has 3 nitrogen and oxygen atoms in total. The molecule has 0 amide bonds. The summed E-state index contributed by atoms with van der Waals surface area (Å²) in [4.78, 5) is 2.26. The van der Waals surface area contributed by atoms with Crippen molar-refractivity contribution < 1.29 is 5.11 Å². The van der Waals surface area contributed by atoms with Gasteiger partial charge >= 0.3 is 0 Å². The summed E-state index contributed by atoms with van der Waals surface area (Å²) in [5, 5.41) is 13.2. The van der Waals surface area contributed by atoms with E-state index >= 15 is 0 Å². The minimum absolute atomic E-state index is 0.0908. The zero-order chi connectivity index (χ0) is 12.2. The SMILES string of the molecule is CN(CC(O)CNC(C)(C)C)CC1CCC1. The zero-order valence-electron chi connectivity index (χ0n) is 11.3. The van der Waals surface area contributed by atoms with Gasteiger partial charge in [-0.05, 0) is 46.6 Å². The Labute approximate surface area is 100 Å².